The minimum atomic E-state index is -3.73. The fraction of sp³-hybridized carbons (Fsp3) is 0.235. The highest BCUT2D eigenvalue weighted by atomic mass is 79.9. The van der Waals surface area contributed by atoms with Crippen LogP contribution in [0.2, 0.25) is 0 Å². The van der Waals surface area contributed by atoms with Crippen LogP contribution in [0, 0.1) is 13.8 Å². The van der Waals surface area contributed by atoms with Gasteiger partial charge < -0.3 is 4.90 Å². The fourth-order valence-electron chi connectivity index (χ4n) is 2.11. The van der Waals surface area contributed by atoms with E-state index < -0.39 is 10.0 Å². The molecule has 0 aliphatic rings. The molecule has 0 fully saturated rings. The zero-order valence-electron chi connectivity index (χ0n) is 13.9. The van der Waals surface area contributed by atoms with Crippen LogP contribution < -0.4 is 4.72 Å². The van der Waals surface area contributed by atoms with E-state index in [2.05, 4.69) is 20.7 Å². The molecule has 128 valence electrons. The fourth-order valence-corrected chi connectivity index (χ4v) is 3.56. The third-order valence-electron chi connectivity index (χ3n) is 3.57. The van der Waals surface area contributed by atoms with Crippen molar-refractivity contribution in [1.82, 2.24) is 4.90 Å². The molecule has 0 unspecified atom stereocenters. The first kappa shape index (κ1) is 18.5. The van der Waals surface area contributed by atoms with E-state index in [1.165, 1.54) is 11.0 Å². The van der Waals surface area contributed by atoms with Crippen LogP contribution in [0.25, 0.3) is 0 Å². The average Bonchev–Trinajstić information content (AvgIpc) is 2.51. The second kappa shape index (κ2) is 6.94. The van der Waals surface area contributed by atoms with E-state index in [4.69, 9.17) is 0 Å². The molecule has 7 heteroatoms. The summed E-state index contributed by atoms with van der Waals surface area (Å²) in [7, 11) is -0.435. The number of carbonyl (C=O) groups is 1. The minimum Gasteiger partial charge on any atom is -0.345 e. The van der Waals surface area contributed by atoms with Gasteiger partial charge in [-0.25, -0.2) is 8.42 Å². The molecular formula is C17H19BrN2O3S. The van der Waals surface area contributed by atoms with Crippen LogP contribution in [0.1, 0.15) is 21.5 Å². The minimum absolute atomic E-state index is 0.173. The molecule has 0 heterocycles. The highest BCUT2D eigenvalue weighted by Crippen LogP contribution is 2.24. The Kier molecular flexibility index (Phi) is 5.35. The summed E-state index contributed by atoms with van der Waals surface area (Å²) >= 11 is 3.36. The summed E-state index contributed by atoms with van der Waals surface area (Å²) in [6.07, 6.45) is 0. The number of aryl methyl sites for hydroxylation is 2. The van der Waals surface area contributed by atoms with E-state index in [1.807, 2.05) is 6.92 Å². The smallest absolute Gasteiger partial charge is 0.261 e. The van der Waals surface area contributed by atoms with Crippen LogP contribution in [0.3, 0.4) is 0 Å². The van der Waals surface area contributed by atoms with Crippen LogP contribution in [0.4, 0.5) is 5.69 Å². The van der Waals surface area contributed by atoms with E-state index in [0.29, 0.717) is 11.3 Å². The lowest BCUT2D eigenvalue weighted by atomic mass is 10.1. The Morgan fingerprint density at radius 3 is 2.29 bits per heavy atom. The van der Waals surface area contributed by atoms with E-state index in [0.717, 1.165) is 15.6 Å². The Labute approximate surface area is 150 Å². The monoisotopic (exact) mass is 410 g/mol. The first-order valence-electron chi connectivity index (χ1n) is 7.23. The molecule has 0 aromatic heterocycles. The molecule has 24 heavy (non-hydrogen) atoms. The van der Waals surface area contributed by atoms with Crippen molar-refractivity contribution in [3.63, 3.8) is 0 Å². The van der Waals surface area contributed by atoms with Gasteiger partial charge in [-0.05, 0) is 55.3 Å². The van der Waals surface area contributed by atoms with Crippen LogP contribution in [-0.4, -0.2) is 33.3 Å². The quantitative estimate of drug-likeness (QED) is 0.837. The van der Waals surface area contributed by atoms with Gasteiger partial charge in [0.1, 0.15) is 0 Å². The number of rotatable bonds is 4. The first-order chi connectivity index (χ1) is 11.1. The molecule has 5 nitrogen and oxygen atoms in total. The van der Waals surface area contributed by atoms with Crippen LogP contribution >= 0.6 is 15.9 Å². The van der Waals surface area contributed by atoms with Crippen molar-refractivity contribution in [3.8, 4) is 0 Å². The van der Waals surface area contributed by atoms with E-state index >= 15 is 0 Å². The lowest BCUT2D eigenvalue weighted by Crippen LogP contribution is -2.22. The Hall–Kier alpha value is -1.86. The van der Waals surface area contributed by atoms with Gasteiger partial charge in [0.2, 0.25) is 0 Å². The molecule has 2 aromatic carbocycles. The number of anilines is 1. The molecule has 0 saturated heterocycles. The lowest BCUT2D eigenvalue weighted by molar-refractivity contribution is 0.0827. The topological polar surface area (TPSA) is 66.5 Å². The molecule has 0 spiro atoms. The summed E-state index contributed by atoms with van der Waals surface area (Å²) in [4.78, 5) is 13.7. The van der Waals surface area contributed by atoms with Gasteiger partial charge in [-0.2, -0.15) is 0 Å². The predicted octanol–water partition coefficient (Wildman–Crippen LogP) is 3.57. The summed E-state index contributed by atoms with van der Waals surface area (Å²) in [5.74, 6) is -0.185. The number of halogens is 1. The third-order valence-corrected chi connectivity index (χ3v) is 5.83. The van der Waals surface area contributed by atoms with E-state index in [9.17, 15) is 13.2 Å². The molecule has 2 rings (SSSR count). The molecule has 0 aliphatic heterocycles. The first-order valence-corrected chi connectivity index (χ1v) is 9.50. The standard InChI is InChI=1S/C17H19BrN2O3S/c1-11-5-6-13(17(21)20(3)4)10-16(11)19-24(22,23)14-7-8-15(18)12(2)9-14/h5-10,19H,1-4H3. The molecule has 1 amide bonds. The van der Waals surface area contributed by atoms with Crippen molar-refractivity contribution < 1.29 is 13.2 Å². The van der Waals surface area contributed by atoms with Crippen molar-refractivity contribution in [2.45, 2.75) is 18.7 Å². The Balaban J connectivity index is 2.40. The van der Waals surface area contributed by atoms with Crippen molar-refractivity contribution in [1.29, 1.82) is 0 Å². The number of sulfonamides is 1. The molecule has 0 bridgehead atoms. The van der Waals surface area contributed by atoms with Gasteiger partial charge in [-0.1, -0.05) is 22.0 Å². The number of hydrogen-bond donors (Lipinski definition) is 1. The molecular weight excluding hydrogens is 392 g/mol. The Morgan fingerprint density at radius 2 is 1.71 bits per heavy atom. The predicted molar refractivity (Wildman–Crippen MR) is 98.9 cm³/mol. The average molecular weight is 411 g/mol. The summed E-state index contributed by atoms with van der Waals surface area (Å²) in [5, 5.41) is 0. The highest BCUT2D eigenvalue weighted by Gasteiger charge is 2.18. The summed E-state index contributed by atoms with van der Waals surface area (Å²) in [6, 6.07) is 9.78. The number of nitrogens with one attached hydrogen (secondary N) is 1. The third kappa shape index (κ3) is 3.96. The van der Waals surface area contributed by atoms with Gasteiger partial charge in [-0.3, -0.25) is 9.52 Å². The number of amides is 1. The number of nitrogens with zero attached hydrogens (tertiary/aromatic N) is 1. The molecule has 0 radical (unpaired) electrons. The Morgan fingerprint density at radius 1 is 1.04 bits per heavy atom. The number of hydrogen-bond acceptors (Lipinski definition) is 3. The maximum atomic E-state index is 12.6. The van der Waals surface area contributed by atoms with Crippen LogP contribution in [0.15, 0.2) is 45.8 Å². The Bertz CT molecular complexity index is 893. The van der Waals surface area contributed by atoms with Crippen molar-refractivity contribution >= 4 is 37.5 Å². The highest BCUT2D eigenvalue weighted by molar-refractivity contribution is 9.10. The van der Waals surface area contributed by atoms with Crippen molar-refractivity contribution in [2.75, 3.05) is 18.8 Å². The SMILES string of the molecule is Cc1cc(S(=O)(=O)Nc2cc(C(=O)N(C)C)ccc2C)ccc1Br. The van der Waals surface area contributed by atoms with Gasteiger partial charge in [0.25, 0.3) is 15.9 Å². The second-order valence-corrected chi connectivity index (χ2v) is 8.28. The molecule has 2 aromatic rings. The maximum Gasteiger partial charge on any atom is 0.261 e. The molecule has 1 N–H and O–H groups in total. The van der Waals surface area contributed by atoms with E-state index in [-0.39, 0.29) is 10.8 Å². The molecule has 0 saturated carbocycles. The lowest BCUT2D eigenvalue weighted by Gasteiger charge is -2.15. The van der Waals surface area contributed by atoms with E-state index in [1.54, 1.807) is 51.4 Å². The van der Waals surface area contributed by atoms with Crippen molar-refractivity contribution in [2.24, 2.45) is 0 Å². The molecule has 0 aliphatic carbocycles. The van der Waals surface area contributed by atoms with Gasteiger partial charge in [0, 0.05) is 24.1 Å². The zero-order valence-corrected chi connectivity index (χ0v) is 16.3. The van der Waals surface area contributed by atoms with Gasteiger partial charge in [0.05, 0.1) is 10.6 Å². The summed E-state index contributed by atoms with van der Waals surface area (Å²) in [5.41, 5.74) is 2.38. The second-order valence-electron chi connectivity index (χ2n) is 5.75. The maximum absolute atomic E-state index is 12.6. The number of carbonyl (C=O) groups excluding carboxylic acids is 1. The normalized spacial score (nSPS) is 11.2. The largest absolute Gasteiger partial charge is 0.345 e. The zero-order chi connectivity index (χ0) is 18.1. The van der Waals surface area contributed by atoms with Crippen molar-refractivity contribution in [3.05, 3.63) is 57.6 Å². The van der Waals surface area contributed by atoms with Crippen LogP contribution in [-0.2, 0) is 10.0 Å². The van der Waals surface area contributed by atoms with Crippen LogP contribution in [0.5, 0.6) is 0 Å². The number of benzene rings is 2. The summed E-state index contributed by atoms with van der Waals surface area (Å²) < 4.78 is 28.6. The van der Waals surface area contributed by atoms with Gasteiger partial charge >= 0.3 is 0 Å². The summed E-state index contributed by atoms with van der Waals surface area (Å²) in [6.45, 7) is 3.61. The van der Waals surface area contributed by atoms with Gasteiger partial charge in [-0.15, -0.1) is 0 Å². The van der Waals surface area contributed by atoms with Gasteiger partial charge in [0.15, 0.2) is 0 Å². The molecule has 0 atom stereocenters.